The number of fused-ring (bicyclic) bond motifs is 1. The molecule has 3 aromatic heterocycles. The Hall–Kier alpha value is -2.96. The van der Waals surface area contributed by atoms with Gasteiger partial charge in [0.25, 0.3) is 5.91 Å². The van der Waals surface area contributed by atoms with Crippen molar-refractivity contribution >= 4 is 22.6 Å². The predicted molar refractivity (Wildman–Crippen MR) is 93.9 cm³/mol. The molecule has 0 saturated heterocycles. The fraction of sp³-hybridized carbons (Fsp3) is 0.294. The van der Waals surface area contributed by atoms with Crippen LogP contribution in [0.25, 0.3) is 22.3 Å². The van der Waals surface area contributed by atoms with Crippen LogP contribution in [0, 0.1) is 0 Å². The molecule has 0 unspecified atom stereocenters. The molecule has 1 amide bonds. The molecule has 0 atom stereocenters. The minimum Gasteiger partial charge on any atom is -0.367 e. The maximum atomic E-state index is 12.2. The van der Waals surface area contributed by atoms with Crippen molar-refractivity contribution in [2.45, 2.75) is 19.9 Å². The molecular weight excluding hydrogens is 304 g/mol. The molecule has 24 heavy (non-hydrogen) atoms. The van der Waals surface area contributed by atoms with Crippen molar-refractivity contribution in [2.24, 2.45) is 0 Å². The molecule has 3 rings (SSSR count). The number of anilines is 1. The fourth-order valence-corrected chi connectivity index (χ4v) is 2.49. The average Bonchev–Trinajstić information content (AvgIpc) is 2.99. The summed E-state index contributed by atoms with van der Waals surface area (Å²) >= 11 is 0. The van der Waals surface area contributed by atoms with Crippen molar-refractivity contribution in [3.8, 4) is 11.4 Å². The van der Waals surface area contributed by atoms with E-state index in [1.54, 1.807) is 38.6 Å². The highest BCUT2D eigenvalue weighted by Gasteiger charge is 2.17. The van der Waals surface area contributed by atoms with Gasteiger partial charge in [-0.3, -0.25) is 14.9 Å². The summed E-state index contributed by atoms with van der Waals surface area (Å²) in [5.41, 5.74) is 2.75. The molecule has 0 aliphatic carbocycles. The number of nitrogens with zero attached hydrogens (tertiary/aromatic N) is 4. The van der Waals surface area contributed by atoms with Crippen LogP contribution in [0.4, 0.5) is 5.82 Å². The molecule has 0 bridgehead atoms. The predicted octanol–water partition coefficient (Wildman–Crippen LogP) is 2.54. The maximum Gasteiger partial charge on any atom is 0.253 e. The van der Waals surface area contributed by atoms with Gasteiger partial charge in [0.05, 0.1) is 16.6 Å². The van der Waals surface area contributed by atoms with Crippen molar-refractivity contribution in [2.75, 3.05) is 19.4 Å². The van der Waals surface area contributed by atoms with Crippen LogP contribution < -0.4 is 5.32 Å². The summed E-state index contributed by atoms with van der Waals surface area (Å²) in [6, 6.07) is 5.56. The van der Waals surface area contributed by atoms with Gasteiger partial charge in [-0.1, -0.05) is 0 Å². The highest BCUT2D eigenvalue weighted by Crippen LogP contribution is 2.30. The Kier molecular flexibility index (Phi) is 4.16. The second-order valence-corrected chi connectivity index (χ2v) is 6.08. The molecular formula is C17H20N6O. The number of nitrogens with one attached hydrogen (secondary N) is 2. The van der Waals surface area contributed by atoms with Gasteiger partial charge in [0.2, 0.25) is 0 Å². The van der Waals surface area contributed by atoms with Gasteiger partial charge in [-0.2, -0.15) is 5.10 Å². The van der Waals surface area contributed by atoms with E-state index in [1.165, 1.54) is 4.90 Å². The molecule has 7 nitrogen and oxygen atoms in total. The summed E-state index contributed by atoms with van der Waals surface area (Å²) < 4.78 is 0. The first-order valence-electron chi connectivity index (χ1n) is 7.75. The fourth-order valence-electron chi connectivity index (χ4n) is 2.49. The molecule has 0 aromatic carbocycles. The Morgan fingerprint density at radius 1 is 1.21 bits per heavy atom. The van der Waals surface area contributed by atoms with E-state index in [-0.39, 0.29) is 11.9 Å². The second-order valence-electron chi connectivity index (χ2n) is 6.08. The molecule has 0 saturated carbocycles. The molecule has 3 aromatic rings. The summed E-state index contributed by atoms with van der Waals surface area (Å²) in [5.74, 6) is 0.675. The summed E-state index contributed by atoms with van der Waals surface area (Å²) in [5, 5.41) is 11.6. The van der Waals surface area contributed by atoms with Crippen molar-refractivity contribution in [3.63, 3.8) is 0 Å². The number of rotatable bonds is 4. The molecule has 0 fully saturated rings. The Morgan fingerprint density at radius 2 is 1.96 bits per heavy atom. The van der Waals surface area contributed by atoms with Gasteiger partial charge in [0.15, 0.2) is 0 Å². The monoisotopic (exact) mass is 324 g/mol. The minimum absolute atomic E-state index is 0.0721. The molecule has 3 heterocycles. The maximum absolute atomic E-state index is 12.2. The third-order valence-electron chi connectivity index (χ3n) is 3.56. The zero-order chi connectivity index (χ0) is 17.3. The molecule has 124 valence electrons. The van der Waals surface area contributed by atoms with Crippen LogP contribution >= 0.6 is 0 Å². The Labute approximate surface area is 140 Å². The summed E-state index contributed by atoms with van der Waals surface area (Å²) in [6.45, 7) is 4.10. The lowest BCUT2D eigenvalue weighted by atomic mass is 10.1. The number of aromatic amines is 1. The van der Waals surface area contributed by atoms with E-state index in [4.69, 9.17) is 0 Å². The van der Waals surface area contributed by atoms with Gasteiger partial charge in [-0.05, 0) is 32.0 Å². The molecule has 0 aliphatic heterocycles. The minimum atomic E-state index is -0.0721. The van der Waals surface area contributed by atoms with Gasteiger partial charge < -0.3 is 10.2 Å². The molecule has 7 heteroatoms. The Morgan fingerprint density at radius 3 is 2.67 bits per heavy atom. The van der Waals surface area contributed by atoms with Crippen molar-refractivity contribution < 1.29 is 4.79 Å². The lowest BCUT2D eigenvalue weighted by Gasteiger charge is -2.12. The Balaban J connectivity index is 2.13. The largest absolute Gasteiger partial charge is 0.367 e. The van der Waals surface area contributed by atoms with Gasteiger partial charge >= 0.3 is 0 Å². The first-order chi connectivity index (χ1) is 11.5. The average molecular weight is 324 g/mol. The highest BCUT2D eigenvalue weighted by molar-refractivity contribution is 6.01. The van der Waals surface area contributed by atoms with Gasteiger partial charge in [0.1, 0.15) is 11.5 Å². The first kappa shape index (κ1) is 15.9. The topological polar surface area (TPSA) is 86.8 Å². The zero-order valence-corrected chi connectivity index (χ0v) is 14.2. The number of carbonyl (C=O) groups is 1. The molecule has 0 aliphatic rings. The van der Waals surface area contributed by atoms with Gasteiger partial charge in [-0.15, -0.1) is 0 Å². The third-order valence-corrected chi connectivity index (χ3v) is 3.56. The summed E-state index contributed by atoms with van der Waals surface area (Å²) in [6.07, 6.45) is 3.35. The number of pyridine rings is 2. The normalized spacial score (nSPS) is 11.0. The second kappa shape index (κ2) is 6.27. The molecule has 0 spiro atoms. The van der Waals surface area contributed by atoms with Crippen LogP contribution in [0.1, 0.15) is 24.2 Å². The quantitative estimate of drug-likeness (QED) is 0.770. The van der Waals surface area contributed by atoms with E-state index in [1.807, 2.05) is 6.07 Å². The number of hydrogen-bond donors (Lipinski definition) is 2. The zero-order valence-electron chi connectivity index (χ0n) is 14.2. The third kappa shape index (κ3) is 2.92. The summed E-state index contributed by atoms with van der Waals surface area (Å²) in [4.78, 5) is 22.5. The number of aromatic nitrogens is 4. The van der Waals surface area contributed by atoms with E-state index >= 15 is 0 Å². The van der Waals surface area contributed by atoms with Crippen LogP contribution in [-0.2, 0) is 0 Å². The Bertz CT molecular complexity index is 884. The molecule has 0 radical (unpaired) electrons. The van der Waals surface area contributed by atoms with Crippen LogP contribution in [0.3, 0.4) is 0 Å². The number of amides is 1. The number of carbonyl (C=O) groups excluding carboxylic acids is 1. The van der Waals surface area contributed by atoms with Crippen LogP contribution in [0.5, 0.6) is 0 Å². The smallest absolute Gasteiger partial charge is 0.253 e. The van der Waals surface area contributed by atoms with Crippen LogP contribution in [-0.4, -0.2) is 51.1 Å². The van der Waals surface area contributed by atoms with E-state index in [0.717, 1.165) is 16.7 Å². The van der Waals surface area contributed by atoms with E-state index in [2.05, 4.69) is 39.3 Å². The summed E-state index contributed by atoms with van der Waals surface area (Å²) in [7, 11) is 3.45. The van der Waals surface area contributed by atoms with Gasteiger partial charge in [0, 0.05) is 38.1 Å². The molecule has 2 N–H and O–H groups in total. The standard InChI is InChI=1S/C17H20N6O/c1-10(2)20-16-14-12(6-8-19-16)21-22-15(14)13-9-11(5-7-18-13)17(24)23(3)4/h5-10H,1-4H3,(H,19,20)(H,21,22). The first-order valence-corrected chi connectivity index (χ1v) is 7.75. The van der Waals surface area contributed by atoms with Crippen LogP contribution in [0.15, 0.2) is 30.6 Å². The van der Waals surface area contributed by atoms with Crippen molar-refractivity contribution in [3.05, 3.63) is 36.2 Å². The van der Waals surface area contributed by atoms with E-state index < -0.39 is 0 Å². The lowest BCUT2D eigenvalue weighted by Crippen LogP contribution is -2.21. The van der Waals surface area contributed by atoms with E-state index in [0.29, 0.717) is 17.0 Å². The van der Waals surface area contributed by atoms with Gasteiger partial charge in [-0.25, -0.2) is 4.98 Å². The van der Waals surface area contributed by atoms with Crippen LogP contribution in [0.2, 0.25) is 0 Å². The highest BCUT2D eigenvalue weighted by atomic mass is 16.2. The van der Waals surface area contributed by atoms with E-state index in [9.17, 15) is 4.79 Å². The lowest BCUT2D eigenvalue weighted by molar-refractivity contribution is 0.0827. The van der Waals surface area contributed by atoms with Crippen molar-refractivity contribution in [1.29, 1.82) is 0 Å². The number of H-pyrrole nitrogens is 1. The SMILES string of the molecule is CC(C)Nc1nccc2[nH]nc(-c3cc(C(=O)N(C)C)ccn3)c12. The number of hydrogen-bond acceptors (Lipinski definition) is 5. The van der Waals surface area contributed by atoms with Crippen molar-refractivity contribution in [1.82, 2.24) is 25.1 Å².